The fraction of sp³-hybridized carbons (Fsp3) is 0.621. The Kier molecular flexibility index (Phi) is 9.05. The largest absolute Gasteiger partial charge is 0.341 e. The van der Waals surface area contributed by atoms with Crippen molar-refractivity contribution in [3.63, 3.8) is 0 Å². The van der Waals surface area contributed by atoms with E-state index in [9.17, 15) is 9.59 Å². The molecule has 0 saturated carbocycles. The topological polar surface area (TPSA) is 123 Å². The molecule has 0 radical (unpaired) electrons. The van der Waals surface area contributed by atoms with Crippen LogP contribution >= 0.6 is 0 Å². The maximum absolute atomic E-state index is 13.8. The van der Waals surface area contributed by atoms with Gasteiger partial charge in [0, 0.05) is 71.3 Å². The molecule has 12 heteroatoms. The average molecular weight is 563 g/mol. The molecule has 2 N–H and O–H groups in total. The quantitative estimate of drug-likeness (QED) is 0.377. The molecule has 0 amide bonds. The van der Waals surface area contributed by atoms with Crippen LogP contribution in [0, 0.1) is 11.8 Å². The summed E-state index contributed by atoms with van der Waals surface area (Å²) in [4.78, 5) is 47.6. The molecule has 0 bridgehead atoms. The van der Waals surface area contributed by atoms with E-state index < -0.39 is 0 Å². The van der Waals surface area contributed by atoms with Crippen molar-refractivity contribution in [2.45, 2.75) is 65.1 Å². The van der Waals surface area contributed by atoms with E-state index >= 15 is 0 Å². The Labute approximate surface area is 240 Å². The molecule has 0 aliphatic carbocycles. The first-order chi connectivity index (χ1) is 19.9. The van der Waals surface area contributed by atoms with Crippen LogP contribution in [-0.2, 0) is 26.6 Å². The highest BCUT2D eigenvalue weighted by atomic mass is 16.2. The van der Waals surface area contributed by atoms with E-state index in [0.29, 0.717) is 43.2 Å². The Hall–Kier alpha value is -3.69. The van der Waals surface area contributed by atoms with Gasteiger partial charge in [-0.3, -0.25) is 23.4 Å². The first-order valence-electron chi connectivity index (χ1n) is 14.8. The van der Waals surface area contributed by atoms with Crippen LogP contribution in [-0.4, -0.2) is 85.4 Å². The maximum Gasteiger partial charge on any atom is 0.332 e. The minimum absolute atomic E-state index is 0.0514. The summed E-state index contributed by atoms with van der Waals surface area (Å²) in [6, 6.07) is 0.0514. The summed E-state index contributed by atoms with van der Waals surface area (Å²) in [7, 11) is 1.69. The normalized spacial score (nSPS) is 18.1. The molecule has 3 aromatic rings. The summed E-state index contributed by atoms with van der Waals surface area (Å²) < 4.78 is 4.70. The van der Waals surface area contributed by atoms with Gasteiger partial charge in [0.1, 0.15) is 0 Å². The maximum atomic E-state index is 13.8. The third kappa shape index (κ3) is 6.16. The second-order valence-electron chi connectivity index (χ2n) is 11.1. The number of aromatic nitrogens is 6. The summed E-state index contributed by atoms with van der Waals surface area (Å²) in [5, 5.41) is 0. The molecule has 41 heavy (non-hydrogen) atoms. The molecule has 5 heterocycles. The van der Waals surface area contributed by atoms with Crippen LogP contribution in [0.4, 0.5) is 11.9 Å². The van der Waals surface area contributed by atoms with E-state index in [0.717, 1.165) is 70.9 Å². The third-order valence-electron chi connectivity index (χ3n) is 8.11. The van der Waals surface area contributed by atoms with Crippen LogP contribution in [0.5, 0.6) is 0 Å². The van der Waals surface area contributed by atoms with Crippen molar-refractivity contribution in [3.05, 3.63) is 38.8 Å². The Balaban J connectivity index is 1.29. The zero-order chi connectivity index (χ0) is 28.9. The average Bonchev–Trinajstić information content (AvgIpc) is 3.37. The van der Waals surface area contributed by atoms with Crippen LogP contribution in [0.1, 0.15) is 45.1 Å². The van der Waals surface area contributed by atoms with Gasteiger partial charge in [-0.25, -0.2) is 14.8 Å². The third-order valence-corrected chi connectivity index (χ3v) is 8.11. The molecule has 0 unspecified atom stereocenters. The van der Waals surface area contributed by atoms with Gasteiger partial charge in [0.2, 0.25) is 11.9 Å². The van der Waals surface area contributed by atoms with Crippen molar-refractivity contribution in [1.82, 2.24) is 33.6 Å². The van der Waals surface area contributed by atoms with Crippen molar-refractivity contribution in [2.24, 2.45) is 12.8 Å². The molecule has 220 valence electrons. The van der Waals surface area contributed by atoms with Crippen LogP contribution in [0.25, 0.3) is 11.2 Å². The molecule has 2 fully saturated rings. The number of piperidine rings is 1. The van der Waals surface area contributed by atoms with E-state index in [1.807, 2.05) is 17.0 Å². The minimum atomic E-state index is -0.343. The van der Waals surface area contributed by atoms with Crippen molar-refractivity contribution < 1.29 is 0 Å². The van der Waals surface area contributed by atoms with Gasteiger partial charge in [0.25, 0.3) is 5.56 Å². The standard InChI is InChI=1S/C29H42N10O2/c1-4-6-13-38-24-25(33-28(38)37-12-7-10-23(30)21-37)34(3)29(41)39(26(24)40)14-8-11-35-15-17-36(18-16-35)27-31-19-22(9-5-2)20-32-27/h19-20,23H,5,7-18,21,30H2,1-3H3/t23-/m1/s1. The minimum Gasteiger partial charge on any atom is -0.341 e. The molecule has 0 aromatic carbocycles. The van der Waals surface area contributed by atoms with Crippen LogP contribution in [0.3, 0.4) is 0 Å². The number of hydrogen-bond donors (Lipinski definition) is 1. The second kappa shape index (κ2) is 12.9. The summed E-state index contributed by atoms with van der Waals surface area (Å²) in [6.07, 6.45) is 8.55. The number of nitrogens with two attached hydrogens (primary N) is 1. The number of hydrogen-bond acceptors (Lipinski definition) is 9. The van der Waals surface area contributed by atoms with Gasteiger partial charge in [0.05, 0.1) is 6.54 Å². The summed E-state index contributed by atoms with van der Waals surface area (Å²) in [6.45, 7) is 10.3. The zero-order valence-corrected chi connectivity index (χ0v) is 24.6. The van der Waals surface area contributed by atoms with Gasteiger partial charge >= 0.3 is 5.69 Å². The van der Waals surface area contributed by atoms with Gasteiger partial charge < -0.3 is 15.5 Å². The number of anilines is 2. The lowest BCUT2D eigenvalue weighted by molar-refractivity contribution is 0.248. The van der Waals surface area contributed by atoms with E-state index in [1.54, 1.807) is 14.0 Å². The lowest BCUT2D eigenvalue weighted by atomic mass is 10.1. The number of nitrogens with zero attached hydrogens (tertiary/aromatic N) is 9. The van der Waals surface area contributed by atoms with Gasteiger partial charge in [-0.1, -0.05) is 19.3 Å². The number of rotatable bonds is 9. The Morgan fingerprint density at radius 1 is 1.02 bits per heavy atom. The summed E-state index contributed by atoms with van der Waals surface area (Å²) in [5.41, 5.74) is 7.57. The summed E-state index contributed by atoms with van der Waals surface area (Å²) in [5.74, 6) is 7.45. The first kappa shape index (κ1) is 28.8. The van der Waals surface area contributed by atoms with Crippen LogP contribution in [0.15, 0.2) is 22.0 Å². The molecule has 2 aliphatic heterocycles. The van der Waals surface area contributed by atoms with E-state index in [-0.39, 0.29) is 17.3 Å². The molecule has 1 atom stereocenters. The number of piperazine rings is 1. The fourth-order valence-corrected chi connectivity index (χ4v) is 5.85. The summed E-state index contributed by atoms with van der Waals surface area (Å²) >= 11 is 0. The molecule has 3 aromatic heterocycles. The lowest BCUT2D eigenvalue weighted by Gasteiger charge is -2.34. The highest BCUT2D eigenvalue weighted by Gasteiger charge is 2.26. The molecule has 5 rings (SSSR count). The lowest BCUT2D eigenvalue weighted by Crippen LogP contribution is -2.47. The van der Waals surface area contributed by atoms with Gasteiger partial charge in [-0.05, 0) is 44.7 Å². The van der Waals surface area contributed by atoms with Gasteiger partial charge in [-0.15, -0.1) is 5.92 Å². The smallest absolute Gasteiger partial charge is 0.332 e. The van der Waals surface area contributed by atoms with Gasteiger partial charge in [-0.2, -0.15) is 4.98 Å². The van der Waals surface area contributed by atoms with Crippen molar-refractivity contribution in [2.75, 3.05) is 55.6 Å². The van der Waals surface area contributed by atoms with Crippen LogP contribution < -0.4 is 26.8 Å². The molecule has 0 spiro atoms. The van der Waals surface area contributed by atoms with Crippen molar-refractivity contribution in [1.29, 1.82) is 0 Å². The fourth-order valence-electron chi connectivity index (χ4n) is 5.85. The Morgan fingerprint density at radius 2 is 1.78 bits per heavy atom. The first-order valence-corrected chi connectivity index (χ1v) is 14.8. The van der Waals surface area contributed by atoms with E-state index in [4.69, 9.17) is 10.7 Å². The molecule has 2 saturated heterocycles. The van der Waals surface area contributed by atoms with E-state index in [1.165, 1.54) is 14.7 Å². The number of fused-ring (bicyclic) bond motifs is 1. The molecule has 2 aliphatic rings. The highest BCUT2D eigenvalue weighted by Crippen LogP contribution is 2.23. The SMILES string of the molecule is CC#CCn1c(N2CCC[C@@H](N)C2)nc2c1c(=O)n(CCCN1CCN(c3ncc(CCC)cn3)CC1)c(=O)n2C. The second-order valence-corrected chi connectivity index (χ2v) is 11.1. The monoisotopic (exact) mass is 562 g/mol. The van der Waals surface area contributed by atoms with Crippen molar-refractivity contribution in [3.8, 4) is 11.8 Å². The van der Waals surface area contributed by atoms with E-state index in [2.05, 4.69) is 43.4 Å². The molecular formula is C29H42N10O2. The van der Waals surface area contributed by atoms with Crippen LogP contribution in [0.2, 0.25) is 0 Å². The predicted octanol–water partition coefficient (Wildman–Crippen LogP) is 0.802. The van der Waals surface area contributed by atoms with Crippen molar-refractivity contribution >= 4 is 23.1 Å². The Morgan fingerprint density at radius 3 is 2.46 bits per heavy atom. The number of aryl methyl sites for hydroxylation is 2. The molecule has 12 nitrogen and oxygen atoms in total. The highest BCUT2D eigenvalue weighted by molar-refractivity contribution is 5.75. The number of imidazole rings is 1. The van der Waals surface area contributed by atoms with Gasteiger partial charge in [0.15, 0.2) is 11.2 Å². The Bertz CT molecular complexity index is 1520. The zero-order valence-electron chi connectivity index (χ0n) is 24.6. The predicted molar refractivity (Wildman–Crippen MR) is 161 cm³/mol. The molecular weight excluding hydrogens is 520 g/mol.